The van der Waals surface area contributed by atoms with Crippen molar-refractivity contribution in [3.8, 4) is 11.5 Å². The van der Waals surface area contributed by atoms with Gasteiger partial charge in [0.25, 0.3) is 5.91 Å². The number of aromatic nitrogens is 1. The Kier molecular flexibility index (Phi) is 8.47. The van der Waals surface area contributed by atoms with Crippen molar-refractivity contribution in [3.05, 3.63) is 125 Å². The highest BCUT2D eigenvalue weighted by Gasteiger charge is 2.30. The summed E-state index contributed by atoms with van der Waals surface area (Å²) in [6.07, 6.45) is 1.37. The number of carbonyl (C=O) groups excluding carboxylic acids is 3. The Hall–Kier alpha value is -5.58. The molecule has 6 rings (SSSR count). The van der Waals surface area contributed by atoms with Gasteiger partial charge in [0, 0.05) is 30.2 Å². The van der Waals surface area contributed by atoms with E-state index < -0.39 is 35.8 Å². The third-order valence-corrected chi connectivity index (χ3v) is 8.02. The van der Waals surface area contributed by atoms with Crippen molar-refractivity contribution in [2.75, 3.05) is 25.5 Å². The number of anilines is 1. The lowest BCUT2D eigenvalue weighted by Crippen LogP contribution is -2.47. The molecule has 5 aromatic rings. The zero-order valence-corrected chi connectivity index (χ0v) is 24.7. The van der Waals surface area contributed by atoms with Crippen LogP contribution in [0, 0.1) is 17.5 Å². The number of halogens is 3. The number of aromatic amines is 1. The Morgan fingerprint density at radius 3 is 2.17 bits per heavy atom. The fourth-order valence-electron chi connectivity index (χ4n) is 5.55. The topological polar surface area (TPSA) is 94.7 Å². The van der Waals surface area contributed by atoms with Crippen LogP contribution in [0.5, 0.6) is 11.5 Å². The van der Waals surface area contributed by atoms with Gasteiger partial charge in [0.15, 0.2) is 11.6 Å². The lowest BCUT2D eigenvalue weighted by Gasteiger charge is -2.28. The maximum absolute atomic E-state index is 14.4. The van der Waals surface area contributed by atoms with Gasteiger partial charge in [-0.2, -0.15) is 0 Å². The molecule has 8 nitrogen and oxygen atoms in total. The molecular formula is C35H29F3N4O4. The summed E-state index contributed by atoms with van der Waals surface area (Å²) in [5.74, 6) is -3.73. The smallest absolute Gasteiger partial charge is 0.271 e. The molecule has 0 saturated heterocycles. The molecule has 0 bridgehead atoms. The number of para-hydroxylation sites is 1. The van der Waals surface area contributed by atoms with Gasteiger partial charge in [0.2, 0.25) is 11.8 Å². The number of nitrogens with one attached hydrogen (secondary N) is 2. The molecule has 1 aromatic heterocycles. The molecule has 1 aliphatic rings. The molecule has 234 valence electrons. The largest absolute Gasteiger partial charge is 0.457 e. The van der Waals surface area contributed by atoms with E-state index in [4.69, 9.17) is 4.74 Å². The van der Waals surface area contributed by atoms with Crippen LogP contribution in [0.3, 0.4) is 0 Å². The summed E-state index contributed by atoms with van der Waals surface area (Å²) in [6.45, 7) is -0.845. The molecule has 46 heavy (non-hydrogen) atoms. The molecular weight excluding hydrogens is 597 g/mol. The molecule has 0 saturated carbocycles. The lowest BCUT2D eigenvalue weighted by molar-refractivity contribution is -0.132. The number of fused-ring (bicyclic) bond motifs is 2. The Morgan fingerprint density at radius 2 is 1.50 bits per heavy atom. The molecule has 0 unspecified atom stereocenters. The molecule has 1 aliphatic carbocycles. The van der Waals surface area contributed by atoms with Crippen molar-refractivity contribution in [2.45, 2.75) is 18.9 Å². The predicted octanol–water partition coefficient (Wildman–Crippen LogP) is 6.08. The van der Waals surface area contributed by atoms with Crippen molar-refractivity contribution in [3.63, 3.8) is 0 Å². The summed E-state index contributed by atoms with van der Waals surface area (Å²) in [6, 6.07) is 23.1. The number of nitrogens with zero attached hydrogens (tertiary/aromatic N) is 2. The van der Waals surface area contributed by atoms with Crippen molar-refractivity contribution in [1.29, 1.82) is 0 Å². The normalized spacial score (nSPS) is 12.5. The van der Waals surface area contributed by atoms with E-state index >= 15 is 0 Å². The van der Waals surface area contributed by atoms with Gasteiger partial charge >= 0.3 is 0 Å². The van der Waals surface area contributed by atoms with Crippen LogP contribution >= 0.6 is 0 Å². The fourth-order valence-corrected chi connectivity index (χ4v) is 5.55. The quantitative estimate of drug-likeness (QED) is 0.207. The Balaban J connectivity index is 1.16. The first kappa shape index (κ1) is 30.4. The van der Waals surface area contributed by atoms with E-state index in [2.05, 4.69) is 10.3 Å². The highest BCUT2D eigenvalue weighted by atomic mass is 19.2. The molecule has 0 fully saturated rings. The average molecular weight is 627 g/mol. The number of benzene rings is 4. The zero-order chi connectivity index (χ0) is 32.4. The summed E-state index contributed by atoms with van der Waals surface area (Å²) >= 11 is 0. The second-order valence-electron chi connectivity index (χ2n) is 11.1. The first-order chi connectivity index (χ1) is 22.1. The Bertz CT molecular complexity index is 1920. The highest BCUT2D eigenvalue weighted by Crippen LogP contribution is 2.26. The molecule has 1 heterocycles. The van der Waals surface area contributed by atoms with Gasteiger partial charge in [-0.15, -0.1) is 0 Å². The van der Waals surface area contributed by atoms with E-state index in [9.17, 15) is 27.6 Å². The van der Waals surface area contributed by atoms with Gasteiger partial charge in [-0.25, -0.2) is 13.2 Å². The van der Waals surface area contributed by atoms with Gasteiger partial charge in [-0.05, 0) is 72.5 Å². The summed E-state index contributed by atoms with van der Waals surface area (Å²) in [5, 5.41) is 3.18. The monoisotopic (exact) mass is 626 g/mol. The van der Waals surface area contributed by atoms with Crippen molar-refractivity contribution < 1.29 is 32.3 Å². The van der Waals surface area contributed by atoms with E-state index in [0.29, 0.717) is 29.7 Å². The molecule has 0 radical (unpaired) electrons. The molecule has 4 aromatic carbocycles. The van der Waals surface area contributed by atoms with Gasteiger partial charge in [0.05, 0.1) is 5.52 Å². The van der Waals surface area contributed by atoms with Crippen molar-refractivity contribution in [1.82, 2.24) is 14.8 Å². The number of rotatable bonds is 9. The van der Waals surface area contributed by atoms with Crippen LogP contribution in [0.15, 0.2) is 91.0 Å². The second-order valence-corrected chi connectivity index (χ2v) is 11.1. The number of likely N-dealkylation sites (N-methyl/N-ethyl adjacent to an activating group) is 1. The second kappa shape index (κ2) is 12.8. The third-order valence-electron chi connectivity index (χ3n) is 8.02. The van der Waals surface area contributed by atoms with Gasteiger partial charge in [0.1, 0.15) is 36.1 Å². The third kappa shape index (κ3) is 6.58. The predicted molar refractivity (Wildman–Crippen MR) is 166 cm³/mol. The fraction of sp³-hybridized carbons (Fsp3) is 0.171. The zero-order valence-electron chi connectivity index (χ0n) is 24.7. The summed E-state index contributed by atoms with van der Waals surface area (Å²) in [4.78, 5) is 45.9. The van der Waals surface area contributed by atoms with E-state index in [1.807, 2.05) is 24.3 Å². The first-order valence-corrected chi connectivity index (χ1v) is 14.6. The molecule has 0 spiro atoms. The maximum atomic E-state index is 14.4. The summed E-state index contributed by atoms with van der Waals surface area (Å²) in [7, 11) is 1.68. The first-order valence-electron chi connectivity index (χ1n) is 14.6. The van der Waals surface area contributed by atoms with Crippen LogP contribution in [0.25, 0.3) is 10.9 Å². The molecule has 3 amide bonds. The number of hydrogen-bond acceptors (Lipinski definition) is 4. The van der Waals surface area contributed by atoms with Crippen LogP contribution in [0.2, 0.25) is 0 Å². The van der Waals surface area contributed by atoms with Crippen LogP contribution in [0.4, 0.5) is 18.9 Å². The summed E-state index contributed by atoms with van der Waals surface area (Å²) in [5.41, 5.74) is 2.89. The van der Waals surface area contributed by atoms with Crippen molar-refractivity contribution in [2.24, 2.45) is 0 Å². The minimum Gasteiger partial charge on any atom is -0.457 e. The van der Waals surface area contributed by atoms with Crippen molar-refractivity contribution >= 4 is 34.3 Å². The minimum atomic E-state index is -1.05. The van der Waals surface area contributed by atoms with E-state index in [0.717, 1.165) is 17.0 Å². The van der Waals surface area contributed by atoms with Crippen LogP contribution in [-0.2, 0) is 22.4 Å². The SMILES string of the molecule is CN(C(=O)CN(CC(=O)Nc1ccc(Oc2ccc(F)c(F)c2)cc1)C(=O)c1cc2cccc(F)c2[nH]1)C1Cc2ccccc2C1. The average Bonchev–Trinajstić information content (AvgIpc) is 3.68. The molecule has 11 heteroatoms. The van der Waals surface area contributed by atoms with Crippen LogP contribution < -0.4 is 10.1 Å². The highest BCUT2D eigenvalue weighted by molar-refractivity contribution is 6.02. The molecule has 2 N–H and O–H groups in total. The summed E-state index contributed by atoms with van der Waals surface area (Å²) < 4.78 is 46.6. The molecule has 0 aliphatic heterocycles. The number of carbonyl (C=O) groups is 3. The van der Waals surface area contributed by atoms with Crippen LogP contribution in [-0.4, -0.2) is 58.7 Å². The number of ether oxygens (including phenoxy) is 1. The number of amides is 3. The van der Waals surface area contributed by atoms with E-state index in [1.165, 1.54) is 59.7 Å². The van der Waals surface area contributed by atoms with Gasteiger partial charge in [-0.3, -0.25) is 14.4 Å². The lowest BCUT2D eigenvalue weighted by atomic mass is 10.1. The van der Waals surface area contributed by atoms with E-state index in [1.54, 1.807) is 18.0 Å². The molecule has 0 atom stereocenters. The Morgan fingerprint density at radius 1 is 0.804 bits per heavy atom. The van der Waals surface area contributed by atoms with Crippen LogP contribution in [0.1, 0.15) is 21.6 Å². The van der Waals surface area contributed by atoms with E-state index in [-0.39, 0.29) is 35.5 Å². The van der Waals surface area contributed by atoms with Gasteiger partial charge in [-0.1, -0.05) is 36.4 Å². The number of hydrogen-bond donors (Lipinski definition) is 2. The standard InChI is InChI=1S/C35H29F3N4O4/c1-41(25-15-21-5-2-3-6-22(21)16-25)33(44)20-42(35(45)31-17-23-7-4-8-29(37)34(23)40-31)19-32(43)39-24-9-11-26(12-10-24)46-27-13-14-28(36)30(38)18-27/h2-14,17-18,25,40H,15-16,19-20H2,1H3,(H,39,43). The number of H-pyrrole nitrogens is 1. The van der Waals surface area contributed by atoms with Gasteiger partial charge < -0.3 is 24.8 Å². The maximum Gasteiger partial charge on any atom is 0.271 e. The minimum absolute atomic E-state index is 0.0374. The Labute approximate surface area is 262 Å².